The molecule has 1 heterocycles. The van der Waals surface area contributed by atoms with Gasteiger partial charge in [0.2, 0.25) is 6.79 Å². The van der Waals surface area contributed by atoms with Gasteiger partial charge in [-0.3, -0.25) is 0 Å². The molecule has 1 aliphatic rings. The normalized spacial score (nSPS) is 11.9. The van der Waals surface area contributed by atoms with E-state index in [1.165, 1.54) is 19.2 Å². The summed E-state index contributed by atoms with van der Waals surface area (Å²) in [6.07, 6.45) is 0.808. The van der Waals surface area contributed by atoms with Crippen molar-refractivity contribution in [2.24, 2.45) is 5.73 Å². The Hall–Kier alpha value is -1.78. The maximum absolute atomic E-state index is 13.7. The molecule has 0 saturated carbocycles. The molecule has 0 amide bonds. The van der Waals surface area contributed by atoms with Gasteiger partial charge in [0, 0.05) is 22.2 Å². The van der Waals surface area contributed by atoms with E-state index in [4.69, 9.17) is 21.1 Å². The molecule has 0 radical (unpaired) electrons. The van der Waals surface area contributed by atoms with E-state index in [-0.39, 0.29) is 12.6 Å². The third kappa shape index (κ3) is 2.96. The Labute approximate surface area is 128 Å². The van der Waals surface area contributed by atoms with Gasteiger partial charge in [-0.1, -0.05) is 30.7 Å². The predicted octanol–water partition coefficient (Wildman–Crippen LogP) is 4.01. The van der Waals surface area contributed by atoms with Gasteiger partial charge >= 0.3 is 0 Å². The lowest BCUT2D eigenvalue weighted by atomic mass is 9.97. The van der Waals surface area contributed by atoms with E-state index in [1.807, 2.05) is 19.1 Å². The van der Waals surface area contributed by atoms with E-state index in [2.05, 4.69) is 5.73 Å². The van der Waals surface area contributed by atoms with Crippen molar-refractivity contribution in [2.75, 3.05) is 13.8 Å². The highest BCUT2D eigenvalue weighted by Gasteiger charge is 2.23. The lowest BCUT2D eigenvalue weighted by Crippen LogP contribution is -1.95. The standard InChI is InChI=1S/C15H12ClFO2.CH5N/c1-2-9-4-3-5-12(16)14(9)11-6-10(17)7-13-15(11)19-8-18-13;1-2/h3-7H,2,8H2,1H3;2H2,1H3. The van der Waals surface area contributed by atoms with Crippen molar-refractivity contribution < 1.29 is 13.9 Å². The molecule has 21 heavy (non-hydrogen) atoms. The van der Waals surface area contributed by atoms with Gasteiger partial charge in [0.25, 0.3) is 0 Å². The number of hydrogen-bond acceptors (Lipinski definition) is 3. The van der Waals surface area contributed by atoms with Gasteiger partial charge in [-0.25, -0.2) is 4.39 Å². The Morgan fingerprint density at radius 2 is 2.00 bits per heavy atom. The lowest BCUT2D eigenvalue weighted by molar-refractivity contribution is 0.174. The molecule has 112 valence electrons. The van der Waals surface area contributed by atoms with Gasteiger partial charge in [0.05, 0.1) is 0 Å². The molecule has 0 atom stereocenters. The highest BCUT2D eigenvalue weighted by atomic mass is 35.5. The third-order valence-electron chi connectivity index (χ3n) is 3.19. The number of rotatable bonds is 2. The Morgan fingerprint density at radius 3 is 2.71 bits per heavy atom. The number of aryl methyl sites for hydroxylation is 1. The van der Waals surface area contributed by atoms with E-state index in [9.17, 15) is 4.39 Å². The number of benzene rings is 2. The van der Waals surface area contributed by atoms with E-state index in [0.717, 1.165) is 17.5 Å². The molecule has 0 unspecified atom stereocenters. The van der Waals surface area contributed by atoms with Crippen LogP contribution in [0, 0.1) is 5.82 Å². The summed E-state index contributed by atoms with van der Waals surface area (Å²) in [7, 11) is 1.50. The molecule has 3 nitrogen and oxygen atoms in total. The summed E-state index contributed by atoms with van der Waals surface area (Å²) in [6.45, 7) is 2.14. The minimum atomic E-state index is -0.360. The minimum absolute atomic E-state index is 0.109. The molecule has 0 bridgehead atoms. The highest BCUT2D eigenvalue weighted by Crippen LogP contribution is 2.45. The van der Waals surface area contributed by atoms with Crippen LogP contribution in [0.3, 0.4) is 0 Å². The number of fused-ring (bicyclic) bond motifs is 1. The zero-order valence-electron chi connectivity index (χ0n) is 12.0. The maximum atomic E-state index is 13.7. The van der Waals surface area contributed by atoms with Crippen molar-refractivity contribution in [2.45, 2.75) is 13.3 Å². The average Bonchev–Trinajstić information content (AvgIpc) is 2.96. The third-order valence-corrected chi connectivity index (χ3v) is 3.50. The first kappa shape index (κ1) is 15.6. The molecular weight excluding hydrogens is 293 g/mol. The molecule has 2 aromatic carbocycles. The molecule has 0 aliphatic carbocycles. The molecular formula is C16H17ClFNO2. The van der Waals surface area contributed by atoms with Crippen LogP contribution in [-0.4, -0.2) is 13.8 Å². The van der Waals surface area contributed by atoms with Crippen molar-refractivity contribution in [3.8, 4) is 22.6 Å². The summed E-state index contributed by atoms with van der Waals surface area (Å²) in [5, 5.41) is 0.586. The minimum Gasteiger partial charge on any atom is -0.453 e. The van der Waals surface area contributed by atoms with Crippen LogP contribution in [0.4, 0.5) is 4.39 Å². The van der Waals surface area contributed by atoms with Crippen molar-refractivity contribution in [1.29, 1.82) is 0 Å². The molecule has 0 saturated heterocycles. The molecule has 5 heteroatoms. The van der Waals surface area contributed by atoms with E-state index in [0.29, 0.717) is 22.1 Å². The zero-order chi connectivity index (χ0) is 15.4. The Morgan fingerprint density at radius 1 is 1.24 bits per heavy atom. The molecule has 2 aromatic rings. The SMILES string of the molecule is CCc1cccc(Cl)c1-c1cc(F)cc2c1OCO2.CN. The summed E-state index contributed by atoms with van der Waals surface area (Å²) in [6, 6.07) is 8.43. The lowest BCUT2D eigenvalue weighted by Gasteiger charge is -2.12. The first-order chi connectivity index (χ1) is 10.2. The summed E-state index contributed by atoms with van der Waals surface area (Å²) in [5.41, 5.74) is 7.01. The van der Waals surface area contributed by atoms with Gasteiger partial charge < -0.3 is 15.2 Å². The zero-order valence-corrected chi connectivity index (χ0v) is 12.7. The summed E-state index contributed by atoms with van der Waals surface area (Å²) < 4.78 is 24.4. The number of nitrogens with two attached hydrogens (primary N) is 1. The maximum Gasteiger partial charge on any atom is 0.231 e. The summed E-state index contributed by atoms with van der Waals surface area (Å²) in [4.78, 5) is 0. The quantitative estimate of drug-likeness (QED) is 0.911. The second kappa shape index (κ2) is 6.78. The summed E-state index contributed by atoms with van der Waals surface area (Å²) >= 11 is 6.28. The number of halogens is 2. The van der Waals surface area contributed by atoms with E-state index >= 15 is 0 Å². The molecule has 3 rings (SSSR count). The molecule has 1 aliphatic heterocycles. The molecule has 0 aromatic heterocycles. The van der Waals surface area contributed by atoms with Crippen LogP contribution in [0.2, 0.25) is 5.02 Å². The van der Waals surface area contributed by atoms with E-state index < -0.39 is 0 Å². The van der Waals surface area contributed by atoms with Crippen LogP contribution in [-0.2, 0) is 6.42 Å². The van der Waals surface area contributed by atoms with Crippen molar-refractivity contribution in [3.63, 3.8) is 0 Å². The fraction of sp³-hybridized carbons (Fsp3) is 0.250. The van der Waals surface area contributed by atoms with E-state index in [1.54, 1.807) is 6.07 Å². The van der Waals surface area contributed by atoms with Gasteiger partial charge in [0.1, 0.15) is 5.82 Å². The number of hydrogen-bond donors (Lipinski definition) is 1. The topological polar surface area (TPSA) is 44.5 Å². The molecule has 0 spiro atoms. The fourth-order valence-electron chi connectivity index (χ4n) is 2.33. The summed E-state index contributed by atoms with van der Waals surface area (Å²) in [5.74, 6) is 0.627. The second-order valence-corrected chi connectivity index (χ2v) is 4.72. The Balaban J connectivity index is 0.000000774. The largest absolute Gasteiger partial charge is 0.453 e. The van der Waals surface area contributed by atoms with Gasteiger partial charge in [-0.15, -0.1) is 0 Å². The van der Waals surface area contributed by atoms with Crippen LogP contribution in [0.25, 0.3) is 11.1 Å². The van der Waals surface area contributed by atoms with Crippen LogP contribution in [0.15, 0.2) is 30.3 Å². The van der Waals surface area contributed by atoms with Crippen LogP contribution in [0.1, 0.15) is 12.5 Å². The van der Waals surface area contributed by atoms with Crippen molar-refractivity contribution in [1.82, 2.24) is 0 Å². The highest BCUT2D eigenvalue weighted by molar-refractivity contribution is 6.33. The van der Waals surface area contributed by atoms with Crippen LogP contribution >= 0.6 is 11.6 Å². The number of ether oxygens (including phenoxy) is 2. The average molecular weight is 310 g/mol. The van der Waals surface area contributed by atoms with Crippen molar-refractivity contribution in [3.05, 3.63) is 46.7 Å². The monoisotopic (exact) mass is 309 g/mol. The Bertz CT molecular complexity index is 646. The smallest absolute Gasteiger partial charge is 0.231 e. The van der Waals surface area contributed by atoms with Gasteiger partial charge in [0.15, 0.2) is 11.5 Å². The van der Waals surface area contributed by atoms with Crippen LogP contribution < -0.4 is 15.2 Å². The van der Waals surface area contributed by atoms with Gasteiger partial charge in [-0.05, 0) is 31.2 Å². The fourth-order valence-corrected chi connectivity index (χ4v) is 2.62. The first-order valence-corrected chi connectivity index (χ1v) is 7.03. The first-order valence-electron chi connectivity index (χ1n) is 6.65. The van der Waals surface area contributed by atoms with Crippen molar-refractivity contribution >= 4 is 11.6 Å². The predicted molar refractivity (Wildman–Crippen MR) is 82.5 cm³/mol. The van der Waals surface area contributed by atoms with Crippen LogP contribution in [0.5, 0.6) is 11.5 Å². The van der Waals surface area contributed by atoms with Gasteiger partial charge in [-0.2, -0.15) is 0 Å². The molecule has 0 fully saturated rings. The Kier molecular flexibility index (Phi) is 5.04. The molecule has 2 N–H and O–H groups in total. The second-order valence-electron chi connectivity index (χ2n) is 4.31.